The maximum atomic E-state index is 12.3. The number of carboxylic acid groups (broad SMARTS) is 1. The fourth-order valence-electron chi connectivity index (χ4n) is 2.67. The van der Waals surface area contributed by atoms with Crippen LogP contribution in [0.4, 0.5) is 0 Å². The predicted molar refractivity (Wildman–Crippen MR) is 86.3 cm³/mol. The summed E-state index contributed by atoms with van der Waals surface area (Å²) in [6.45, 7) is 0. The first-order valence-corrected chi connectivity index (χ1v) is 8.46. The van der Waals surface area contributed by atoms with Gasteiger partial charge in [0.2, 0.25) is 5.12 Å². The molecule has 5 nitrogen and oxygen atoms in total. The van der Waals surface area contributed by atoms with E-state index in [4.69, 9.17) is 0 Å². The van der Waals surface area contributed by atoms with Crippen LogP contribution in [-0.4, -0.2) is 29.3 Å². The summed E-state index contributed by atoms with van der Waals surface area (Å²) in [5.41, 5.74) is 2.56. The predicted octanol–water partition coefficient (Wildman–Crippen LogP) is 2.84. The highest BCUT2D eigenvalue weighted by Crippen LogP contribution is 2.29. The van der Waals surface area contributed by atoms with Crippen molar-refractivity contribution in [2.45, 2.75) is 43.4 Å². The molecule has 1 aromatic rings. The first-order chi connectivity index (χ1) is 11.0. The van der Waals surface area contributed by atoms with Crippen molar-refractivity contribution in [3.8, 4) is 0 Å². The van der Waals surface area contributed by atoms with Crippen LogP contribution in [0, 0.1) is 5.92 Å². The molecule has 0 aliphatic heterocycles. The van der Waals surface area contributed by atoms with Crippen molar-refractivity contribution in [2.24, 2.45) is 5.92 Å². The smallest absolute Gasteiger partial charge is 0.315 e. The van der Waals surface area contributed by atoms with Crippen LogP contribution in [-0.2, 0) is 32.0 Å². The molecule has 1 N–H and O–H groups in total. The van der Waals surface area contributed by atoms with Crippen LogP contribution in [0.15, 0.2) is 23.1 Å². The number of aliphatic carboxylic acids is 1. The number of esters is 1. The second kappa shape index (κ2) is 8.15. The molecule has 0 saturated carbocycles. The van der Waals surface area contributed by atoms with E-state index in [-0.39, 0.29) is 12.8 Å². The third kappa shape index (κ3) is 4.82. The van der Waals surface area contributed by atoms with Gasteiger partial charge in [-0.1, -0.05) is 17.8 Å². The fraction of sp³-hybridized carbons (Fsp3) is 0.471. The van der Waals surface area contributed by atoms with Crippen LogP contribution in [0.2, 0.25) is 0 Å². The lowest BCUT2D eigenvalue weighted by Crippen LogP contribution is -2.22. The maximum absolute atomic E-state index is 12.3. The van der Waals surface area contributed by atoms with E-state index >= 15 is 0 Å². The molecule has 2 rings (SSSR count). The number of methoxy groups -OCH3 is 1. The average molecular weight is 336 g/mol. The summed E-state index contributed by atoms with van der Waals surface area (Å²) in [6.07, 6.45) is 4.27. The standard InChI is InChI=1S/C17H20O5S/c1-22-15(18)9-8-14(16(19)20)17(21)23-13-7-6-11-4-2-3-5-12(11)10-13/h6-7,10,14H,2-5,8-9H2,1H3,(H,19,20). The number of hydrogen-bond acceptors (Lipinski definition) is 5. The van der Waals surface area contributed by atoms with Gasteiger partial charge in [-0.15, -0.1) is 0 Å². The third-order valence-corrected chi connectivity index (χ3v) is 4.96. The minimum atomic E-state index is -1.20. The highest BCUT2D eigenvalue weighted by atomic mass is 32.2. The lowest BCUT2D eigenvalue weighted by atomic mass is 9.92. The van der Waals surface area contributed by atoms with E-state index < -0.39 is 23.0 Å². The molecular formula is C17H20O5S. The maximum Gasteiger partial charge on any atom is 0.315 e. The summed E-state index contributed by atoms with van der Waals surface area (Å²) in [5.74, 6) is -2.91. The molecule has 0 amide bonds. The molecule has 1 aliphatic rings. The van der Waals surface area contributed by atoms with E-state index in [0.717, 1.165) is 35.9 Å². The largest absolute Gasteiger partial charge is 0.481 e. The molecule has 0 saturated heterocycles. The van der Waals surface area contributed by atoms with Gasteiger partial charge in [0.05, 0.1) is 7.11 Å². The van der Waals surface area contributed by atoms with Crippen molar-refractivity contribution in [2.75, 3.05) is 7.11 Å². The number of ether oxygens (including phenoxy) is 1. The molecule has 0 spiro atoms. The summed E-state index contributed by atoms with van der Waals surface area (Å²) in [4.78, 5) is 35.4. The van der Waals surface area contributed by atoms with Crippen molar-refractivity contribution in [1.82, 2.24) is 0 Å². The van der Waals surface area contributed by atoms with E-state index in [1.165, 1.54) is 24.7 Å². The summed E-state index contributed by atoms with van der Waals surface area (Å²) in [7, 11) is 1.24. The minimum absolute atomic E-state index is 0.0429. The number of carbonyl (C=O) groups is 3. The zero-order valence-electron chi connectivity index (χ0n) is 13.0. The number of hydrogen-bond donors (Lipinski definition) is 1. The fourth-order valence-corrected chi connectivity index (χ4v) is 3.60. The summed E-state index contributed by atoms with van der Waals surface area (Å²) in [6, 6.07) is 5.87. The first-order valence-electron chi connectivity index (χ1n) is 7.64. The molecule has 6 heteroatoms. The normalized spacial score (nSPS) is 14.7. The molecule has 1 aliphatic carbocycles. The van der Waals surface area contributed by atoms with Crippen molar-refractivity contribution < 1.29 is 24.2 Å². The Bertz CT molecular complexity index is 611. The van der Waals surface area contributed by atoms with E-state index in [1.807, 2.05) is 18.2 Å². The molecule has 0 heterocycles. The summed E-state index contributed by atoms with van der Waals surface area (Å²) in [5, 5.41) is 8.77. The Balaban J connectivity index is 2.03. The van der Waals surface area contributed by atoms with Crippen LogP contribution in [0.1, 0.15) is 36.8 Å². The zero-order chi connectivity index (χ0) is 16.8. The Hall–Kier alpha value is -1.82. The Morgan fingerprint density at radius 2 is 1.91 bits per heavy atom. The minimum Gasteiger partial charge on any atom is -0.481 e. The monoisotopic (exact) mass is 336 g/mol. The van der Waals surface area contributed by atoms with E-state index in [2.05, 4.69) is 4.74 Å². The van der Waals surface area contributed by atoms with Gasteiger partial charge in [-0.25, -0.2) is 0 Å². The highest BCUT2D eigenvalue weighted by Gasteiger charge is 2.28. The number of carboxylic acids is 1. The molecule has 0 fully saturated rings. The van der Waals surface area contributed by atoms with Gasteiger partial charge in [0.1, 0.15) is 5.92 Å². The van der Waals surface area contributed by atoms with Crippen LogP contribution < -0.4 is 0 Å². The Morgan fingerprint density at radius 1 is 1.22 bits per heavy atom. The van der Waals surface area contributed by atoms with Gasteiger partial charge in [0.15, 0.2) is 0 Å². The van der Waals surface area contributed by atoms with E-state index in [1.54, 1.807) is 0 Å². The Labute approximate surface area is 139 Å². The number of benzene rings is 1. The van der Waals surface area contributed by atoms with Gasteiger partial charge < -0.3 is 9.84 Å². The lowest BCUT2D eigenvalue weighted by molar-refractivity contribution is -0.145. The van der Waals surface area contributed by atoms with Crippen molar-refractivity contribution in [3.63, 3.8) is 0 Å². The van der Waals surface area contributed by atoms with E-state index in [0.29, 0.717) is 0 Å². The van der Waals surface area contributed by atoms with Gasteiger partial charge in [-0.3, -0.25) is 14.4 Å². The molecule has 0 bridgehead atoms. The Kier molecular flexibility index (Phi) is 6.21. The highest BCUT2D eigenvalue weighted by molar-refractivity contribution is 8.13. The number of fused-ring (bicyclic) bond motifs is 1. The summed E-state index contributed by atoms with van der Waals surface area (Å²) >= 11 is 0.940. The molecule has 124 valence electrons. The van der Waals surface area contributed by atoms with Crippen LogP contribution >= 0.6 is 11.8 Å². The number of thioether (sulfide) groups is 1. The molecule has 0 radical (unpaired) electrons. The molecule has 1 aromatic carbocycles. The van der Waals surface area contributed by atoms with Gasteiger partial charge in [0.25, 0.3) is 0 Å². The number of carbonyl (C=O) groups excluding carboxylic acids is 2. The molecule has 1 unspecified atom stereocenters. The Morgan fingerprint density at radius 3 is 2.57 bits per heavy atom. The third-order valence-electron chi connectivity index (χ3n) is 3.99. The topological polar surface area (TPSA) is 80.7 Å². The van der Waals surface area contributed by atoms with Crippen molar-refractivity contribution >= 4 is 28.8 Å². The molecule has 1 atom stereocenters. The SMILES string of the molecule is COC(=O)CCC(C(=O)O)C(=O)Sc1ccc2c(c1)CCCC2. The number of aryl methyl sites for hydroxylation is 2. The second-order valence-corrected chi connectivity index (χ2v) is 6.64. The molecule has 23 heavy (non-hydrogen) atoms. The van der Waals surface area contributed by atoms with Crippen LogP contribution in [0.3, 0.4) is 0 Å². The molecular weight excluding hydrogens is 316 g/mol. The van der Waals surface area contributed by atoms with Gasteiger partial charge in [-0.05, 0) is 55.4 Å². The molecule has 0 aromatic heterocycles. The quantitative estimate of drug-likeness (QED) is 0.489. The summed E-state index contributed by atoms with van der Waals surface area (Å²) < 4.78 is 4.49. The lowest BCUT2D eigenvalue weighted by Gasteiger charge is -2.16. The average Bonchev–Trinajstić information content (AvgIpc) is 2.54. The van der Waals surface area contributed by atoms with Gasteiger partial charge in [-0.2, -0.15) is 0 Å². The first kappa shape index (κ1) is 17.5. The van der Waals surface area contributed by atoms with Crippen LogP contribution in [0.5, 0.6) is 0 Å². The van der Waals surface area contributed by atoms with Gasteiger partial charge >= 0.3 is 11.9 Å². The van der Waals surface area contributed by atoms with Crippen molar-refractivity contribution in [3.05, 3.63) is 29.3 Å². The van der Waals surface area contributed by atoms with Crippen LogP contribution in [0.25, 0.3) is 0 Å². The second-order valence-electron chi connectivity index (χ2n) is 5.56. The van der Waals surface area contributed by atoms with Crippen molar-refractivity contribution in [1.29, 1.82) is 0 Å². The zero-order valence-corrected chi connectivity index (χ0v) is 13.9. The van der Waals surface area contributed by atoms with E-state index in [9.17, 15) is 19.5 Å². The van der Waals surface area contributed by atoms with Gasteiger partial charge in [0, 0.05) is 11.3 Å². The number of rotatable bonds is 6.